The first-order chi connectivity index (χ1) is 6.00. The Morgan fingerprint density at radius 2 is 1.69 bits per heavy atom. The Hall–Kier alpha value is -0.820. The lowest BCUT2D eigenvalue weighted by atomic mass is 9.98. The zero-order valence-corrected chi connectivity index (χ0v) is 8.85. The summed E-state index contributed by atoms with van der Waals surface area (Å²) in [6.45, 7) is 5.85. The monoisotopic (exact) mass is 196 g/mol. The van der Waals surface area contributed by atoms with E-state index in [1.807, 2.05) is 32.9 Å². The average Bonchev–Trinajstić information content (AvgIpc) is 2.01. The molecule has 1 aromatic rings. The zero-order valence-electron chi connectivity index (χ0n) is 8.10. The van der Waals surface area contributed by atoms with E-state index < -0.39 is 0 Å². The molecule has 1 nitrogen and oxygen atoms in total. The van der Waals surface area contributed by atoms with Gasteiger partial charge in [-0.05, 0) is 31.0 Å². The zero-order chi connectivity index (χ0) is 10.0. The summed E-state index contributed by atoms with van der Waals surface area (Å²) in [6.07, 6.45) is 0. The number of carbonyl (C=O) groups excluding carboxylic acids is 1. The van der Waals surface area contributed by atoms with Gasteiger partial charge in [0, 0.05) is 0 Å². The van der Waals surface area contributed by atoms with Gasteiger partial charge in [0.05, 0.1) is 5.92 Å². The molecule has 0 aliphatic carbocycles. The molecule has 0 N–H and O–H groups in total. The maximum Gasteiger partial charge on any atom is 0.228 e. The van der Waals surface area contributed by atoms with Crippen molar-refractivity contribution in [2.75, 3.05) is 0 Å². The van der Waals surface area contributed by atoms with Gasteiger partial charge in [-0.2, -0.15) is 0 Å². The molecule has 0 amide bonds. The van der Waals surface area contributed by atoms with Crippen molar-refractivity contribution in [2.45, 2.75) is 26.7 Å². The van der Waals surface area contributed by atoms with Crippen LogP contribution < -0.4 is 0 Å². The fourth-order valence-electron chi connectivity index (χ4n) is 1.39. The van der Waals surface area contributed by atoms with Crippen molar-refractivity contribution in [1.82, 2.24) is 0 Å². The minimum atomic E-state index is -0.301. The van der Waals surface area contributed by atoms with Gasteiger partial charge >= 0.3 is 0 Å². The second-order valence-electron chi connectivity index (χ2n) is 3.45. The van der Waals surface area contributed by atoms with E-state index in [2.05, 4.69) is 6.07 Å². The Morgan fingerprint density at radius 1 is 1.23 bits per heavy atom. The van der Waals surface area contributed by atoms with Crippen molar-refractivity contribution in [3.8, 4) is 0 Å². The third kappa shape index (κ3) is 2.56. The molecule has 0 saturated carbocycles. The number of hydrogen-bond acceptors (Lipinski definition) is 1. The standard InChI is InChI=1S/C11H13ClO/c1-7-4-8(2)6-10(5-7)9(3)11(12)13/h4-6,9H,1-3H3. The Bertz CT molecular complexity index is 311. The molecular formula is C11H13ClO. The maximum absolute atomic E-state index is 10.9. The highest BCUT2D eigenvalue weighted by Crippen LogP contribution is 2.20. The van der Waals surface area contributed by atoms with Crippen molar-refractivity contribution in [2.24, 2.45) is 0 Å². The summed E-state index contributed by atoms with van der Waals surface area (Å²) in [7, 11) is 0. The molecule has 1 aromatic carbocycles. The minimum Gasteiger partial charge on any atom is -0.281 e. The van der Waals surface area contributed by atoms with Crippen LogP contribution in [0.3, 0.4) is 0 Å². The van der Waals surface area contributed by atoms with E-state index in [0.717, 1.165) is 5.56 Å². The SMILES string of the molecule is Cc1cc(C)cc(C(C)C(=O)Cl)c1. The molecule has 0 aliphatic heterocycles. The molecule has 13 heavy (non-hydrogen) atoms. The van der Waals surface area contributed by atoms with Crippen LogP contribution >= 0.6 is 11.6 Å². The van der Waals surface area contributed by atoms with Crippen molar-refractivity contribution in [3.05, 3.63) is 34.9 Å². The van der Waals surface area contributed by atoms with Gasteiger partial charge in [0.15, 0.2) is 0 Å². The molecule has 1 unspecified atom stereocenters. The molecule has 0 aromatic heterocycles. The van der Waals surface area contributed by atoms with Crippen LogP contribution in [0.1, 0.15) is 29.5 Å². The molecule has 1 rings (SSSR count). The van der Waals surface area contributed by atoms with E-state index in [1.54, 1.807) is 0 Å². The van der Waals surface area contributed by atoms with Crippen LogP contribution in [-0.2, 0) is 4.79 Å². The van der Waals surface area contributed by atoms with Crippen molar-refractivity contribution in [1.29, 1.82) is 0 Å². The molecule has 0 aliphatic rings. The highest BCUT2D eigenvalue weighted by Gasteiger charge is 2.12. The maximum atomic E-state index is 10.9. The average molecular weight is 197 g/mol. The van der Waals surface area contributed by atoms with Crippen LogP contribution in [0, 0.1) is 13.8 Å². The van der Waals surface area contributed by atoms with Crippen molar-refractivity contribution < 1.29 is 4.79 Å². The molecule has 70 valence electrons. The topological polar surface area (TPSA) is 17.1 Å². The van der Waals surface area contributed by atoms with Crippen LogP contribution in [-0.4, -0.2) is 5.24 Å². The van der Waals surface area contributed by atoms with Crippen LogP contribution in [0.2, 0.25) is 0 Å². The normalized spacial score (nSPS) is 12.6. The quantitative estimate of drug-likeness (QED) is 0.664. The lowest BCUT2D eigenvalue weighted by Gasteiger charge is -2.08. The first kappa shape index (κ1) is 10.3. The predicted molar refractivity (Wildman–Crippen MR) is 55.2 cm³/mol. The summed E-state index contributed by atoms with van der Waals surface area (Å²) in [5.74, 6) is -0.208. The summed E-state index contributed by atoms with van der Waals surface area (Å²) in [6, 6.07) is 6.07. The molecule has 0 radical (unpaired) electrons. The second kappa shape index (κ2) is 3.93. The fourth-order valence-corrected chi connectivity index (χ4v) is 1.52. The van der Waals surface area contributed by atoms with Crippen molar-refractivity contribution >= 4 is 16.8 Å². The highest BCUT2D eigenvalue weighted by molar-refractivity contribution is 6.64. The molecule has 2 heteroatoms. The summed E-state index contributed by atoms with van der Waals surface area (Å²) >= 11 is 5.43. The lowest BCUT2D eigenvalue weighted by molar-refractivity contribution is -0.112. The van der Waals surface area contributed by atoms with Crippen LogP contribution in [0.4, 0.5) is 0 Å². The van der Waals surface area contributed by atoms with Crippen LogP contribution in [0.5, 0.6) is 0 Å². The number of hydrogen-bond donors (Lipinski definition) is 0. The number of halogens is 1. The summed E-state index contributed by atoms with van der Waals surface area (Å²) < 4.78 is 0. The summed E-state index contributed by atoms with van der Waals surface area (Å²) in [5, 5.41) is -0.301. The molecule has 0 fully saturated rings. The fraction of sp³-hybridized carbons (Fsp3) is 0.364. The van der Waals surface area contributed by atoms with E-state index in [0.29, 0.717) is 0 Å². The van der Waals surface area contributed by atoms with Gasteiger partial charge in [-0.25, -0.2) is 0 Å². The minimum absolute atomic E-state index is 0.208. The first-order valence-corrected chi connectivity index (χ1v) is 4.66. The van der Waals surface area contributed by atoms with Crippen molar-refractivity contribution in [3.63, 3.8) is 0 Å². The van der Waals surface area contributed by atoms with Gasteiger partial charge in [0.2, 0.25) is 5.24 Å². The lowest BCUT2D eigenvalue weighted by Crippen LogP contribution is -2.02. The van der Waals surface area contributed by atoms with Gasteiger partial charge in [-0.3, -0.25) is 4.79 Å². The van der Waals surface area contributed by atoms with E-state index in [9.17, 15) is 4.79 Å². The third-order valence-electron chi connectivity index (χ3n) is 2.08. The predicted octanol–water partition coefficient (Wildman–Crippen LogP) is 3.17. The number of aryl methyl sites for hydroxylation is 2. The van der Waals surface area contributed by atoms with E-state index in [-0.39, 0.29) is 11.2 Å². The van der Waals surface area contributed by atoms with E-state index in [1.165, 1.54) is 11.1 Å². The largest absolute Gasteiger partial charge is 0.281 e. The number of benzene rings is 1. The third-order valence-corrected chi connectivity index (χ3v) is 2.41. The molecular weight excluding hydrogens is 184 g/mol. The molecule has 0 bridgehead atoms. The van der Waals surface area contributed by atoms with E-state index in [4.69, 9.17) is 11.6 Å². The van der Waals surface area contributed by atoms with Gasteiger partial charge in [0.25, 0.3) is 0 Å². The molecule has 0 spiro atoms. The smallest absolute Gasteiger partial charge is 0.228 e. The Kier molecular flexibility index (Phi) is 3.10. The van der Waals surface area contributed by atoms with E-state index >= 15 is 0 Å². The van der Waals surface area contributed by atoms with Gasteiger partial charge in [-0.15, -0.1) is 0 Å². The molecule has 0 saturated heterocycles. The van der Waals surface area contributed by atoms with Gasteiger partial charge in [-0.1, -0.05) is 36.2 Å². The van der Waals surface area contributed by atoms with Gasteiger partial charge in [0.1, 0.15) is 0 Å². The second-order valence-corrected chi connectivity index (χ2v) is 3.82. The first-order valence-electron chi connectivity index (χ1n) is 4.28. The molecule has 0 heterocycles. The Balaban J connectivity index is 3.07. The van der Waals surface area contributed by atoms with Crippen LogP contribution in [0.15, 0.2) is 18.2 Å². The van der Waals surface area contributed by atoms with Crippen LogP contribution in [0.25, 0.3) is 0 Å². The summed E-state index contributed by atoms with van der Waals surface area (Å²) in [5.41, 5.74) is 3.33. The summed E-state index contributed by atoms with van der Waals surface area (Å²) in [4.78, 5) is 10.9. The Labute approximate surface area is 83.7 Å². The Morgan fingerprint density at radius 3 is 2.08 bits per heavy atom. The molecule has 1 atom stereocenters. The highest BCUT2D eigenvalue weighted by atomic mass is 35.5. The van der Waals surface area contributed by atoms with Gasteiger partial charge < -0.3 is 0 Å². The number of rotatable bonds is 2. The number of carbonyl (C=O) groups is 1.